The summed E-state index contributed by atoms with van der Waals surface area (Å²) in [6.07, 6.45) is -8.14. The molecule has 5 atom stereocenters. The van der Waals surface area contributed by atoms with Crippen LogP contribution in [0.1, 0.15) is 40.6 Å². The summed E-state index contributed by atoms with van der Waals surface area (Å²) < 4.78 is 49.7. The maximum atomic E-state index is 13.9. The van der Waals surface area contributed by atoms with Gasteiger partial charge in [-0.15, -0.1) is 0 Å². The van der Waals surface area contributed by atoms with Crippen LogP contribution in [0.4, 0.5) is 13.2 Å². The van der Waals surface area contributed by atoms with Crippen molar-refractivity contribution in [2.45, 2.75) is 50.0 Å². The Morgan fingerprint density at radius 1 is 1.03 bits per heavy atom. The summed E-state index contributed by atoms with van der Waals surface area (Å²) in [4.78, 5) is 4.26. The Kier molecular flexibility index (Phi) is 7.49. The van der Waals surface area contributed by atoms with Gasteiger partial charge in [-0.1, -0.05) is 41.9 Å². The monoisotopic (exact) mass is 563 g/mol. The minimum Gasteiger partial charge on any atom is -0.394 e. The topological polar surface area (TPSA) is 118 Å². The van der Waals surface area contributed by atoms with Crippen molar-refractivity contribution in [1.82, 2.24) is 24.5 Å². The van der Waals surface area contributed by atoms with Crippen LogP contribution in [0.15, 0.2) is 60.8 Å². The van der Waals surface area contributed by atoms with Crippen molar-refractivity contribution in [2.75, 3.05) is 6.61 Å². The van der Waals surface area contributed by atoms with Crippen LogP contribution in [-0.4, -0.2) is 64.8 Å². The Morgan fingerprint density at radius 3 is 2.46 bits per heavy atom. The second-order valence-electron chi connectivity index (χ2n) is 9.29. The number of aliphatic hydroxyl groups excluding tert-OH is 3. The minimum absolute atomic E-state index is 0.0336. The Hall–Kier alpha value is -3.29. The molecule has 4 aromatic rings. The third-order valence-corrected chi connectivity index (χ3v) is 6.81. The van der Waals surface area contributed by atoms with Gasteiger partial charge in [-0.05, 0) is 36.8 Å². The molecule has 1 fully saturated rings. The van der Waals surface area contributed by atoms with E-state index in [2.05, 4.69) is 15.2 Å². The Bertz CT molecular complexity index is 1450. The van der Waals surface area contributed by atoms with Crippen LogP contribution in [0.3, 0.4) is 0 Å². The van der Waals surface area contributed by atoms with E-state index in [1.165, 1.54) is 11.6 Å². The molecule has 1 aliphatic rings. The van der Waals surface area contributed by atoms with Gasteiger partial charge in [0.15, 0.2) is 5.82 Å². The second-order valence-corrected chi connectivity index (χ2v) is 9.72. The number of nitrogens with zero attached hydrogens (tertiary/aromatic N) is 5. The third kappa shape index (κ3) is 5.43. The molecule has 1 saturated heterocycles. The predicted octanol–water partition coefficient (Wildman–Crippen LogP) is 3.43. The molecule has 3 N–H and O–H groups in total. The van der Waals surface area contributed by atoms with Gasteiger partial charge in [0.05, 0.1) is 23.6 Å². The standard InChI is InChI=1S/C26H25ClF3N5O4/c1-14-31-25(35(32-14)19-12-16(27)7-8-18(19)26(28,29)30)24-23(38)21(22(37)20(13-36)39-24)34-10-9-17(33-34)11-15-5-3-2-4-6-15/h2-10,12,20-24,36-38H,11,13H2,1H3/t20-,21+,22+,23-,24-/m1/s1. The normalized spacial score (nSPS) is 23.7. The fraction of sp³-hybridized carbons (Fsp3) is 0.346. The zero-order valence-corrected chi connectivity index (χ0v) is 21.3. The fourth-order valence-corrected chi connectivity index (χ4v) is 4.95. The van der Waals surface area contributed by atoms with Crippen molar-refractivity contribution < 1.29 is 33.2 Å². The number of aliphatic hydroxyl groups is 3. The van der Waals surface area contributed by atoms with E-state index in [-0.39, 0.29) is 16.7 Å². The van der Waals surface area contributed by atoms with Crippen molar-refractivity contribution in [2.24, 2.45) is 0 Å². The van der Waals surface area contributed by atoms with Crippen LogP contribution < -0.4 is 0 Å². The van der Waals surface area contributed by atoms with Gasteiger partial charge >= 0.3 is 6.18 Å². The van der Waals surface area contributed by atoms with E-state index < -0.39 is 54.5 Å². The molecule has 39 heavy (non-hydrogen) atoms. The number of hydrogen-bond donors (Lipinski definition) is 3. The van der Waals surface area contributed by atoms with Gasteiger partial charge in [-0.25, -0.2) is 9.67 Å². The number of benzene rings is 2. The zero-order valence-electron chi connectivity index (χ0n) is 20.6. The first kappa shape index (κ1) is 27.3. The van der Waals surface area contributed by atoms with Gasteiger partial charge < -0.3 is 20.1 Å². The average Bonchev–Trinajstić information content (AvgIpc) is 3.50. The van der Waals surface area contributed by atoms with Crippen LogP contribution in [0.2, 0.25) is 5.02 Å². The highest BCUT2D eigenvalue weighted by Crippen LogP contribution is 2.40. The number of aromatic nitrogens is 5. The summed E-state index contributed by atoms with van der Waals surface area (Å²) >= 11 is 6.03. The van der Waals surface area contributed by atoms with E-state index in [1.54, 1.807) is 12.3 Å². The van der Waals surface area contributed by atoms with Crippen molar-refractivity contribution in [3.63, 3.8) is 0 Å². The van der Waals surface area contributed by atoms with E-state index >= 15 is 0 Å². The van der Waals surface area contributed by atoms with E-state index in [0.717, 1.165) is 28.4 Å². The van der Waals surface area contributed by atoms with Crippen molar-refractivity contribution in [3.05, 3.63) is 94.3 Å². The van der Waals surface area contributed by atoms with E-state index in [4.69, 9.17) is 16.3 Å². The Labute approximate surface area is 226 Å². The second kappa shape index (κ2) is 10.7. The molecule has 0 spiro atoms. The Morgan fingerprint density at radius 2 is 1.77 bits per heavy atom. The highest BCUT2D eigenvalue weighted by Gasteiger charge is 2.48. The molecule has 206 valence electrons. The minimum atomic E-state index is -4.74. The molecule has 9 nitrogen and oxygen atoms in total. The quantitative estimate of drug-likeness (QED) is 0.329. The first-order valence-corrected chi connectivity index (χ1v) is 12.5. The molecule has 2 aromatic heterocycles. The molecule has 0 aliphatic carbocycles. The number of alkyl halides is 3. The van der Waals surface area contributed by atoms with Gasteiger partial charge in [-0.2, -0.15) is 23.4 Å². The summed E-state index contributed by atoms with van der Waals surface area (Å²) in [7, 11) is 0. The van der Waals surface area contributed by atoms with Gasteiger partial charge in [0.2, 0.25) is 0 Å². The molecule has 0 saturated carbocycles. The maximum absolute atomic E-state index is 13.9. The van der Waals surface area contributed by atoms with Crippen LogP contribution >= 0.6 is 11.6 Å². The molecule has 2 aromatic carbocycles. The van der Waals surface area contributed by atoms with Crippen molar-refractivity contribution in [3.8, 4) is 5.69 Å². The van der Waals surface area contributed by atoms with Gasteiger partial charge in [0, 0.05) is 17.6 Å². The van der Waals surface area contributed by atoms with Gasteiger partial charge in [-0.3, -0.25) is 4.68 Å². The molecule has 0 bridgehead atoms. The lowest BCUT2D eigenvalue weighted by Crippen LogP contribution is -2.53. The number of aryl methyl sites for hydroxylation is 1. The van der Waals surface area contributed by atoms with E-state index in [0.29, 0.717) is 12.1 Å². The molecule has 0 amide bonds. The van der Waals surface area contributed by atoms with Gasteiger partial charge in [0.1, 0.15) is 36.3 Å². The lowest BCUT2D eigenvalue weighted by Gasteiger charge is -2.42. The molecular formula is C26H25ClF3N5O4. The summed E-state index contributed by atoms with van der Waals surface area (Å²) in [5, 5.41) is 41.0. The zero-order chi connectivity index (χ0) is 27.9. The average molecular weight is 564 g/mol. The highest BCUT2D eigenvalue weighted by atomic mass is 35.5. The molecule has 5 rings (SSSR count). The lowest BCUT2D eigenvalue weighted by atomic mass is 9.92. The summed E-state index contributed by atoms with van der Waals surface area (Å²) in [6.45, 7) is 0.851. The van der Waals surface area contributed by atoms with Crippen LogP contribution in [-0.2, 0) is 17.3 Å². The summed E-state index contributed by atoms with van der Waals surface area (Å²) in [5.41, 5.74) is 0.245. The number of ether oxygens (including phenoxy) is 1. The first-order valence-electron chi connectivity index (χ1n) is 12.1. The molecule has 1 aliphatic heterocycles. The molecule has 13 heteroatoms. The highest BCUT2D eigenvalue weighted by molar-refractivity contribution is 6.30. The fourth-order valence-electron chi connectivity index (χ4n) is 4.78. The summed E-state index contributed by atoms with van der Waals surface area (Å²) in [5.74, 6) is -0.0406. The lowest BCUT2D eigenvalue weighted by molar-refractivity contribution is -0.210. The van der Waals surface area contributed by atoms with Crippen LogP contribution in [0.5, 0.6) is 0 Å². The van der Waals surface area contributed by atoms with Crippen molar-refractivity contribution >= 4 is 11.6 Å². The largest absolute Gasteiger partial charge is 0.418 e. The third-order valence-electron chi connectivity index (χ3n) is 6.58. The number of halogens is 4. The maximum Gasteiger partial charge on any atom is 0.418 e. The van der Waals surface area contributed by atoms with E-state index in [1.807, 2.05) is 30.3 Å². The molecule has 0 radical (unpaired) electrons. The number of hydrogen-bond acceptors (Lipinski definition) is 7. The van der Waals surface area contributed by atoms with Crippen molar-refractivity contribution in [1.29, 1.82) is 0 Å². The Balaban J connectivity index is 1.54. The molecule has 3 heterocycles. The molecular weight excluding hydrogens is 539 g/mol. The van der Waals surface area contributed by atoms with Gasteiger partial charge in [0.25, 0.3) is 0 Å². The molecule has 0 unspecified atom stereocenters. The van der Waals surface area contributed by atoms with E-state index in [9.17, 15) is 28.5 Å². The SMILES string of the molecule is Cc1nc([C@@H]2O[C@H](CO)[C@H](O)[C@H](n3ccc(Cc4ccccc4)n3)[C@H]2O)n(-c2cc(Cl)ccc2C(F)(F)F)n1. The smallest absolute Gasteiger partial charge is 0.394 e. The van der Waals surface area contributed by atoms with Crippen LogP contribution in [0.25, 0.3) is 5.69 Å². The predicted molar refractivity (Wildman–Crippen MR) is 133 cm³/mol. The first-order chi connectivity index (χ1) is 18.6. The summed E-state index contributed by atoms with van der Waals surface area (Å²) in [6, 6.07) is 13.2. The number of rotatable bonds is 6. The van der Waals surface area contributed by atoms with Crippen LogP contribution in [0, 0.1) is 6.92 Å².